The molecule has 1 N–H and O–H groups in total. The van der Waals surface area contributed by atoms with Crippen LogP contribution in [0.2, 0.25) is 5.02 Å². The van der Waals surface area contributed by atoms with Crippen molar-refractivity contribution in [1.29, 1.82) is 10.5 Å². The molecule has 3 rings (SSSR count). The van der Waals surface area contributed by atoms with Crippen LogP contribution in [-0.2, 0) is 6.54 Å². The van der Waals surface area contributed by atoms with Gasteiger partial charge in [0.15, 0.2) is 11.4 Å². The Morgan fingerprint density at radius 2 is 2.14 bits per heavy atom. The number of aromatic nitrogens is 2. The molecule has 6 heteroatoms. The van der Waals surface area contributed by atoms with Gasteiger partial charge < -0.3 is 5.32 Å². The molecule has 5 nitrogen and oxygen atoms in total. The molecule has 1 aliphatic carbocycles. The molecule has 1 aliphatic rings. The molecule has 1 aromatic carbocycles. The minimum atomic E-state index is 0.110. The van der Waals surface area contributed by atoms with Gasteiger partial charge >= 0.3 is 0 Å². The fourth-order valence-electron chi connectivity index (χ4n) is 2.22. The van der Waals surface area contributed by atoms with Crippen LogP contribution >= 0.6 is 11.6 Å². The van der Waals surface area contributed by atoms with Gasteiger partial charge in [-0.2, -0.15) is 10.5 Å². The van der Waals surface area contributed by atoms with Gasteiger partial charge in [-0.25, -0.2) is 4.98 Å². The van der Waals surface area contributed by atoms with Gasteiger partial charge in [0.1, 0.15) is 18.5 Å². The minimum Gasteiger partial charge on any atom is -0.310 e. The Morgan fingerprint density at radius 1 is 1.33 bits per heavy atom. The first-order valence-corrected chi connectivity index (χ1v) is 7.01. The fraction of sp³-hybridized carbons (Fsp3) is 0.267. The van der Waals surface area contributed by atoms with Gasteiger partial charge in [-0.3, -0.25) is 4.57 Å². The van der Waals surface area contributed by atoms with Crippen molar-refractivity contribution in [1.82, 2.24) is 14.9 Å². The molecular weight excluding hydrogens is 286 g/mol. The van der Waals surface area contributed by atoms with E-state index < -0.39 is 0 Å². The molecule has 0 aliphatic heterocycles. The highest BCUT2D eigenvalue weighted by atomic mass is 35.5. The van der Waals surface area contributed by atoms with Gasteiger partial charge in [-0.05, 0) is 24.5 Å². The van der Waals surface area contributed by atoms with Crippen LogP contribution in [0.4, 0.5) is 0 Å². The van der Waals surface area contributed by atoms with Crippen LogP contribution in [0.15, 0.2) is 24.5 Å². The Morgan fingerprint density at radius 3 is 2.81 bits per heavy atom. The maximum Gasteiger partial charge on any atom is 0.177 e. The molecule has 0 spiro atoms. The number of imidazole rings is 1. The second-order valence-corrected chi connectivity index (χ2v) is 5.35. The first-order valence-electron chi connectivity index (χ1n) is 6.63. The highest BCUT2D eigenvalue weighted by Gasteiger charge is 2.22. The maximum atomic E-state index is 9.27. The van der Waals surface area contributed by atoms with Gasteiger partial charge in [0.05, 0.1) is 10.7 Å². The van der Waals surface area contributed by atoms with E-state index in [1.54, 1.807) is 10.6 Å². The summed E-state index contributed by atoms with van der Waals surface area (Å²) in [4.78, 5) is 3.97. The lowest BCUT2D eigenvalue weighted by molar-refractivity contribution is 0.684. The van der Waals surface area contributed by atoms with E-state index in [4.69, 9.17) is 16.9 Å². The van der Waals surface area contributed by atoms with Crippen molar-refractivity contribution in [3.63, 3.8) is 0 Å². The largest absolute Gasteiger partial charge is 0.310 e. The van der Waals surface area contributed by atoms with Crippen molar-refractivity contribution in [2.24, 2.45) is 0 Å². The molecule has 0 amide bonds. The standard InChI is InChI=1S/C15H12ClN5/c16-12-3-1-2-10(8-19-11-4-5-11)15(12)21-9-20-13(6-17)14(21)7-18/h1-3,9,11,19H,4-5,8H2. The first kappa shape index (κ1) is 13.6. The fourth-order valence-corrected chi connectivity index (χ4v) is 2.51. The van der Waals surface area contributed by atoms with Crippen LogP contribution in [-0.4, -0.2) is 15.6 Å². The number of rotatable bonds is 4. The summed E-state index contributed by atoms with van der Waals surface area (Å²) in [6.07, 6.45) is 3.87. The topological polar surface area (TPSA) is 77.4 Å². The second-order valence-electron chi connectivity index (χ2n) is 4.94. The average Bonchev–Trinajstić information content (AvgIpc) is 3.23. The highest BCUT2D eigenvalue weighted by molar-refractivity contribution is 6.32. The summed E-state index contributed by atoms with van der Waals surface area (Å²) in [5, 5.41) is 22.2. The molecule has 0 unspecified atom stereocenters. The molecule has 21 heavy (non-hydrogen) atoms. The van der Waals surface area contributed by atoms with Gasteiger partial charge in [0, 0.05) is 12.6 Å². The summed E-state index contributed by atoms with van der Waals surface area (Å²) in [7, 11) is 0. The third-order valence-electron chi connectivity index (χ3n) is 3.45. The van der Waals surface area contributed by atoms with Crippen molar-refractivity contribution in [3.8, 4) is 17.8 Å². The van der Waals surface area contributed by atoms with Crippen LogP contribution in [0.25, 0.3) is 5.69 Å². The number of nitrogens with zero attached hydrogens (tertiary/aromatic N) is 4. The highest BCUT2D eigenvalue weighted by Crippen LogP contribution is 2.28. The number of benzene rings is 1. The van der Waals surface area contributed by atoms with Crippen LogP contribution < -0.4 is 5.32 Å². The number of hydrogen-bond acceptors (Lipinski definition) is 4. The van der Waals surface area contributed by atoms with E-state index in [2.05, 4.69) is 10.3 Å². The van der Waals surface area contributed by atoms with Gasteiger partial charge in [-0.15, -0.1) is 0 Å². The molecule has 104 valence electrons. The summed E-state index contributed by atoms with van der Waals surface area (Å²) in [6, 6.07) is 10.1. The van der Waals surface area contributed by atoms with E-state index in [1.807, 2.05) is 24.3 Å². The molecule has 0 radical (unpaired) electrons. The Bertz CT molecular complexity index is 761. The Balaban J connectivity index is 2.06. The lowest BCUT2D eigenvalue weighted by Gasteiger charge is -2.13. The van der Waals surface area contributed by atoms with E-state index in [0.29, 0.717) is 23.3 Å². The van der Waals surface area contributed by atoms with Gasteiger partial charge in [0.2, 0.25) is 0 Å². The lowest BCUT2D eigenvalue weighted by atomic mass is 10.1. The Labute approximate surface area is 127 Å². The molecule has 1 saturated carbocycles. The monoisotopic (exact) mass is 297 g/mol. The van der Waals surface area contributed by atoms with Crippen LogP contribution in [0.3, 0.4) is 0 Å². The smallest absolute Gasteiger partial charge is 0.177 e. The predicted molar refractivity (Wildman–Crippen MR) is 77.9 cm³/mol. The van der Waals surface area contributed by atoms with E-state index >= 15 is 0 Å². The molecule has 1 heterocycles. The number of hydrogen-bond donors (Lipinski definition) is 1. The molecule has 0 atom stereocenters. The van der Waals surface area contributed by atoms with E-state index in [1.165, 1.54) is 19.2 Å². The SMILES string of the molecule is N#Cc1ncn(-c2c(Cl)cccc2CNC2CC2)c1C#N. The van der Waals surface area contributed by atoms with Crippen molar-refractivity contribution < 1.29 is 0 Å². The van der Waals surface area contributed by atoms with Crippen molar-refractivity contribution in [2.75, 3.05) is 0 Å². The summed E-state index contributed by atoms with van der Waals surface area (Å²) < 4.78 is 1.59. The van der Waals surface area contributed by atoms with Crippen LogP contribution in [0.1, 0.15) is 29.8 Å². The molecule has 2 aromatic rings. The zero-order valence-electron chi connectivity index (χ0n) is 11.2. The number of nitriles is 2. The molecular formula is C15H12ClN5. The van der Waals surface area contributed by atoms with E-state index in [9.17, 15) is 5.26 Å². The lowest BCUT2D eigenvalue weighted by Crippen LogP contribution is -2.17. The third kappa shape index (κ3) is 2.62. The molecule has 0 saturated heterocycles. The first-order chi connectivity index (χ1) is 10.2. The Kier molecular flexibility index (Phi) is 3.62. The summed E-state index contributed by atoms with van der Waals surface area (Å²) in [5.41, 5.74) is 2.00. The van der Waals surface area contributed by atoms with Crippen LogP contribution in [0, 0.1) is 22.7 Å². The molecule has 0 bridgehead atoms. The number of nitrogens with one attached hydrogen (secondary N) is 1. The normalized spacial score (nSPS) is 13.7. The predicted octanol–water partition coefficient (Wildman–Crippen LogP) is 2.52. The third-order valence-corrected chi connectivity index (χ3v) is 3.75. The number of para-hydroxylation sites is 1. The quantitative estimate of drug-likeness (QED) is 0.940. The zero-order valence-corrected chi connectivity index (χ0v) is 11.9. The zero-order chi connectivity index (χ0) is 14.8. The summed E-state index contributed by atoms with van der Waals surface area (Å²) >= 11 is 6.31. The van der Waals surface area contributed by atoms with Crippen molar-refractivity contribution in [3.05, 3.63) is 46.5 Å². The summed E-state index contributed by atoms with van der Waals surface area (Å²) in [5.74, 6) is 0. The van der Waals surface area contributed by atoms with Crippen molar-refractivity contribution in [2.45, 2.75) is 25.4 Å². The second kappa shape index (κ2) is 5.57. The minimum absolute atomic E-state index is 0.110. The van der Waals surface area contributed by atoms with E-state index in [0.717, 1.165) is 5.56 Å². The van der Waals surface area contributed by atoms with Gasteiger partial charge in [-0.1, -0.05) is 23.7 Å². The van der Waals surface area contributed by atoms with E-state index in [-0.39, 0.29) is 11.4 Å². The average molecular weight is 298 g/mol. The summed E-state index contributed by atoms with van der Waals surface area (Å²) in [6.45, 7) is 0.672. The maximum absolute atomic E-state index is 9.27. The Hall–Kier alpha value is -2.34. The van der Waals surface area contributed by atoms with Gasteiger partial charge in [0.25, 0.3) is 0 Å². The van der Waals surface area contributed by atoms with Crippen molar-refractivity contribution >= 4 is 11.6 Å². The molecule has 1 fully saturated rings. The number of halogens is 1. The van der Waals surface area contributed by atoms with Crippen LogP contribution in [0.5, 0.6) is 0 Å². The molecule has 1 aromatic heterocycles.